The van der Waals surface area contributed by atoms with E-state index >= 15 is 0 Å². The van der Waals surface area contributed by atoms with Crippen LogP contribution in [-0.4, -0.2) is 5.91 Å². The summed E-state index contributed by atoms with van der Waals surface area (Å²) in [5.74, 6) is -0.688. The van der Waals surface area contributed by atoms with E-state index in [2.05, 4.69) is 5.32 Å². The van der Waals surface area contributed by atoms with Crippen LogP contribution < -0.4 is 16.8 Å². The highest BCUT2D eigenvalue weighted by molar-refractivity contribution is 5.93. The number of carbonyl (C=O) groups excluding carboxylic acids is 1. The van der Waals surface area contributed by atoms with Gasteiger partial charge in [0.25, 0.3) is 0 Å². The van der Waals surface area contributed by atoms with E-state index in [1.54, 1.807) is 0 Å². The number of nitrogens with one attached hydrogen (secondary N) is 1. The van der Waals surface area contributed by atoms with E-state index in [-0.39, 0.29) is 23.4 Å². The van der Waals surface area contributed by atoms with Crippen molar-refractivity contribution in [3.63, 3.8) is 0 Å². The summed E-state index contributed by atoms with van der Waals surface area (Å²) in [7, 11) is 0. The summed E-state index contributed by atoms with van der Waals surface area (Å²) in [6.07, 6.45) is -4.41. The minimum atomic E-state index is -4.46. The van der Waals surface area contributed by atoms with E-state index in [0.717, 1.165) is 6.07 Å². The molecule has 1 aromatic rings. The van der Waals surface area contributed by atoms with Gasteiger partial charge in [-0.15, -0.1) is 0 Å². The summed E-state index contributed by atoms with van der Waals surface area (Å²) in [5.41, 5.74) is 10.1. The minimum Gasteiger partial charge on any atom is -0.385 e. The van der Waals surface area contributed by atoms with Crippen LogP contribution in [0.25, 0.3) is 0 Å². The quantitative estimate of drug-likeness (QED) is 0.760. The predicted octanol–water partition coefficient (Wildman–Crippen LogP) is 1.40. The van der Waals surface area contributed by atoms with E-state index in [0.29, 0.717) is 0 Å². The Morgan fingerprint density at radius 1 is 1.32 bits per heavy atom. The number of nitrogens with two attached hydrogens (primary N) is 2. The summed E-state index contributed by atoms with van der Waals surface area (Å²) in [5, 5.41) is 2.67. The molecule has 2 rings (SSSR count). The van der Waals surface area contributed by atoms with Crippen molar-refractivity contribution >= 4 is 5.91 Å². The number of halogens is 3. The Bertz CT molecular complexity index is 551. The van der Waals surface area contributed by atoms with Crippen molar-refractivity contribution in [1.29, 1.82) is 0 Å². The molecule has 0 spiro atoms. The molecule has 0 aromatic heterocycles. The van der Waals surface area contributed by atoms with Crippen molar-refractivity contribution in [1.82, 2.24) is 5.32 Å². The summed E-state index contributed by atoms with van der Waals surface area (Å²) < 4.78 is 38.7. The molecule has 1 heterocycles. The maximum Gasteiger partial charge on any atom is 0.416 e. The number of carbonyl (C=O) groups is 1. The normalized spacial score (nSPS) is 19.4. The van der Waals surface area contributed by atoms with Gasteiger partial charge in [-0.2, -0.15) is 13.2 Å². The van der Waals surface area contributed by atoms with E-state index in [9.17, 15) is 18.0 Å². The zero-order valence-corrected chi connectivity index (χ0v) is 9.79. The number of hydrogen-bond donors (Lipinski definition) is 3. The summed E-state index contributed by atoms with van der Waals surface area (Å²) in [4.78, 5) is 11.1. The first-order valence-electron chi connectivity index (χ1n) is 5.51. The molecular weight excluding hydrogens is 259 g/mol. The molecule has 1 aromatic carbocycles. The van der Waals surface area contributed by atoms with Crippen LogP contribution in [0.3, 0.4) is 0 Å². The first-order chi connectivity index (χ1) is 8.80. The molecule has 7 heteroatoms. The lowest BCUT2D eigenvalue weighted by Gasteiger charge is -2.18. The minimum absolute atomic E-state index is 0.0366. The SMILES string of the molecule is NC(=O)C1=C(N)NC(c2ccccc2C(F)(F)F)C1. The largest absolute Gasteiger partial charge is 0.416 e. The van der Waals surface area contributed by atoms with Crippen LogP contribution in [0.2, 0.25) is 0 Å². The van der Waals surface area contributed by atoms with Gasteiger partial charge < -0.3 is 16.8 Å². The Hall–Kier alpha value is -2.18. The fourth-order valence-electron chi connectivity index (χ4n) is 2.12. The standard InChI is InChI=1S/C12H12F3N3O/c13-12(14,15)8-4-2-1-3-6(8)9-5-7(11(17)19)10(16)18-9/h1-4,9,18H,5,16H2,(H2,17,19). The average molecular weight is 271 g/mol. The van der Waals surface area contributed by atoms with Gasteiger partial charge in [-0.1, -0.05) is 18.2 Å². The van der Waals surface area contributed by atoms with Crippen LogP contribution >= 0.6 is 0 Å². The molecule has 1 amide bonds. The second-order valence-corrected chi connectivity index (χ2v) is 4.24. The van der Waals surface area contributed by atoms with Crippen LogP contribution in [0.15, 0.2) is 35.7 Å². The van der Waals surface area contributed by atoms with Gasteiger partial charge in [0.05, 0.1) is 17.2 Å². The summed E-state index contributed by atoms with van der Waals surface area (Å²) >= 11 is 0. The topological polar surface area (TPSA) is 81.1 Å². The molecule has 0 saturated carbocycles. The van der Waals surface area contributed by atoms with Crippen molar-refractivity contribution in [2.45, 2.75) is 18.6 Å². The Morgan fingerprint density at radius 2 is 1.95 bits per heavy atom. The van der Waals surface area contributed by atoms with E-state index < -0.39 is 23.7 Å². The highest BCUT2D eigenvalue weighted by Gasteiger charge is 2.37. The molecule has 1 unspecified atom stereocenters. The maximum absolute atomic E-state index is 12.9. The van der Waals surface area contributed by atoms with E-state index in [1.807, 2.05) is 0 Å². The number of alkyl halides is 3. The highest BCUT2D eigenvalue weighted by Crippen LogP contribution is 2.38. The molecule has 1 atom stereocenters. The highest BCUT2D eigenvalue weighted by atomic mass is 19.4. The van der Waals surface area contributed by atoms with Gasteiger partial charge in [0.1, 0.15) is 5.82 Å². The molecule has 4 nitrogen and oxygen atoms in total. The molecule has 19 heavy (non-hydrogen) atoms. The molecule has 1 aliphatic rings. The van der Waals surface area contributed by atoms with Crippen LogP contribution in [0.1, 0.15) is 23.6 Å². The molecule has 0 fully saturated rings. The van der Waals surface area contributed by atoms with E-state index in [1.165, 1.54) is 18.2 Å². The zero-order chi connectivity index (χ0) is 14.2. The van der Waals surface area contributed by atoms with Crippen LogP contribution in [0.5, 0.6) is 0 Å². The lowest BCUT2D eigenvalue weighted by molar-refractivity contribution is -0.138. The predicted molar refractivity (Wildman–Crippen MR) is 62.3 cm³/mol. The van der Waals surface area contributed by atoms with Gasteiger partial charge in [0.2, 0.25) is 5.91 Å². The third kappa shape index (κ3) is 2.49. The smallest absolute Gasteiger partial charge is 0.385 e. The number of primary amides is 1. The number of hydrogen-bond acceptors (Lipinski definition) is 3. The first-order valence-corrected chi connectivity index (χ1v) is 5.51. The average Bonchev–Trinajstić information content (AvgIpc) is 2.70. The first kappa shape index (κ1) is 13.3. The molecule has 5 N–H and O–H groups in total. The van der Waals surface area contributed by atoms with Gasteiger partial charge >= 0.3 is 6.18 Å². The molecular formula is C12H12F3N3O. The third-order valence-electron chi connectivity index (χ3n) is 3.00. The van der Waals surface area contributed by atoms with Gasteiger partial charge in [0, 0.05) is 6.42 Å². The fourth-order valence-corrected chi connectivity index (χ4v) is 2.12. The Balaban J connectivity index is 2.34. The van der Waals surface area contributed by atoms with Crippen LogP contribution in [-0.2, 0) is 11.0 Å². The number of rotatable bonds is 2. The van der Waals surface area contributed by atoms with Crippen molar-refractivity contribution < 1.29 is 18.0 Å². The second-order valence-electron chi connectivity index (χ2n) is 4.24. The Labute approximate surface area is 107 Å². The molecule has 0 saturated heterocycles. The molecule has 102 valence electrons. The molecule has 0 radical (unpaired) electrons. The van der Waals surface area contributed by atoms with Crippen LogP contribution in [0, 0.1) is 0 Å². The molecule has 0 aliphatic carbocycles. The van der Waals surface area contributed by atoms with Crippen molar-refractivity contribution in [3.05, 3.63) is 46.8 Å². The Morgan fingerprint density at radius 3 is 2.47 bits per heavy atom. The van der Waals surface area contributed by atoms with Crippen molar-refractivity contribution in [3.8, 4) is 0 Å². The Kier molecular flexibility index (Phi) is 3.13. The number of amides is 1. The third-order valence-corrected chi connectivity index (χ3v) is 3.00. The van der Waals surface area contributed by atoms with Gasteiger partial charge in [0.15, 0.2) is 0 Å². The van der Waals surface area contributed by atoms with Gasteiger partial charge in [-0.3, -0.25) is 4.79 Å². The van der Waals surface area contributed by atoms with Crippen molar-refractivity contribution in [2.75, 3.05) is 0 Å². The lowest BCUT2D eigenvalue weighted by atomic mass is 9.97. The second kappa shape index (κ2) is 4.49. The van der Waals surface area contributed by atoms with Gasteiger partial charge in [-0.05, 0) is 11.6 Å². The summed E-state index contributed by atoms with van der Waals surface area (Å²) in [6.45, 7) is 0. The van der Waals surface area contributed by atoms with Gasteiger partial charge in [-0.25, -0.2) is 0 Å². The van der Waals surface area contributed by atoms with Crippen molar-refractivity contribution in [2.24, 2.45) is 11.5 Å². The zero-order valence-electron chi connectivity index (χ0n) is 9.79. The summed E-state index contributed by atoms with van der Waals surface area (Å²) in [6, 6.07) is 4.48. The molecule has 0 bridgehead atoms. The lowest BCUT2D eigenvalue weighted by Crippen LogP contribution is -2.22. The number of benzene rings is 1. The maximum atomic E-state index is 12.9. The van der Waals surface area contributed by atoms with E-state index in [4.69, 9.17) is 11.5 Å². The fraction of sp³-hybridized carbons (Fsp3) is 0.250. The van der Waals surface area contributed by atoms with Crippen LogP contribution in [0.4, 0.5) is 13.2 Å². The molecule has 1 aliphatic heterocycles. The monoisotopic (exact) mass is 271 g/mol.